The Hall–Kier alpha value is -0.850. The van der Waals surface area contributed by atoms with Crippen LogP contribution in [0.5, 0.6) is 5.75 Å². The first-order valence-corrected chi connectivity index (χ1v) is 7.95. The molecule has 4 nitrogen and oxygen atoms in total. The Balaban J connectivity index is 0.00000176. The van der Waals surface area contributed by atoms with Crippen LogP contribution in [0.1, 0.15) is 12.8 Å². The molecule has 1 aliphatic heterocycles. The maximum atomic E-state index is 13.6. The summed E-state index contributed by atoms with van der Waals surface area (Å²) in [5, 5.41) is 0. The van der Waals surface area contributed by atoms with Gasteiger partial charge >= 0.3 is 0 Å². The Morgan fingerprint density at radius 1 is 1.41 bits per heavy atom. The molecule has 3 rings (SSSR count). The lowest BCUT2D eigenvalue weighted by molar-refractivity contribution is -0.132. The highest BCUT2D eigenvalue weighted by molar-refractivity contribution is 9.10. The van der Waals surface area contributed by atoms with E-state index in [1.165, 1.54) is 12.1 Å². The Labute approximate surface area is 143 Å². The molecule has 3 atom stereocenters. The summed E-state index contributed by atoms with van der Waals surface area (Å²) in [6.45, 7) is 1.33. The van der Waals surface area contributed by atoms with Crippen molar-refractivity contribution in [1.82, 2.24) is 4.90 Å². The van der Waals surface area contributed by atoms with Crippen LogP contribution in [-0.2, 0) is 4.79 Å². The van der Waals surface area contributed by atoms with E-state index in [9.17, 15) is 9.18 Å². The summed E-state index contributed by atoms with van der Waals surface area (Å²) in [7, 11) is 0. The highest BCUT2D eigenvalue weighted by Gasteiger charge is 2.42. The second kappa shape index (κ2) is 7.15. The van der Waals surface area contributed by atoms with E-state index in [1.54, 1.807) is 11.0 Å². The molecular formula is C15H19BrClFN2O2. The molecule has 1 saturated carbocycles. The predicted molar refractivity (Wildman–Crippen MR) is 87.6 cm³/mol. The Morgan fingerprint density at radius 2 is 2.18 bits per heavy atom. The smallest absolute Gasteiger partial charge is 0.260 e. The topological polar surface area (TPSA) is 55.6 Å². The SMILES string of the molecule is Cl.NC1CCC2CN(C(=O)COc3ccc(Br)cc3F)CC12. The van der Waals surface area contributed by atoms with Crippen LogP contribution in [0.4, 0.5) is 4.39 Å². The molecule has 1 saturated heterocycles. The van der Waals surface area contributed by atoms with Gasteiger partial charge in [0.15, 0.2) is 18.2 Å². The third-order valence-electron chi connectivity index (χ3n) is 4.51. The van der Waals surface area contributed by atoms with Crippen molar-refractivity contribution in [3.63, 3.8) is 0 Å². The van der Waals surface area contributed by atoms with E-state index >= 15 is 0 Å². The van der Waals surface area contributed by atoms with Gasteiger partial charge in [0, 0.05) is 23.6 Å². The number of carbonyl (C=O) groups is 1. The monoisotopic (exact) mass is 392 g/mol. The number of hydrogen-bond acceptors (Lipinski definition) is 3. The van der Waals surface area contributed by atoms with E-state index in [-0.39, 0.29) is 36.7 Å². The van der Waals surface area contributed by atoms with E-state index in [1.807, 2.05) is 0 Å². The number of nitrogens with two attached hydrogens (primary N) is 1. The number of ether oxygens (including phenoxy) is 1. The number of benzene rings is 1. The number of hydrogen-bond donors (Lipinski definition) is 1. The second-order valence-corrected chi connectivity index (χ2v) is 6.74. The fourth-order valence-corrected chi connectivity index (χ4v) is 3.67. The molecule has 1 heterocycles. The third-order valence-corrected chi connectivity index (χ3v) is 5.00. The number of amides is 1. The third kappa shape index (κ3) is 3.55. The fourth-order valence-electron chi connectivity index (χ4n) is 3.33. The van der Waals surface area contributed by atoms with Crippen molar-refractivity contribution < 1.29 is 13.9 Å². The fraction of sp³-hybridized carbons (Fsp3) is 0.533. The first-order valence-electron chi connectivity index (χ1n) is 7.16. The Morgan fingerprint density at radius 3 is 2.86 bits per heavy atom. The second-order valence-electron chi connectivity index (χ2n) is 5.83. The van der Waals surface area contributed by atoms with Crippen LogP contribution in [0.2, 0.25) is 0 Å². The molecule has 1 aliphatic carbocycles. The number of nitrogens with zero attached hydrogens (tertiary/aromatic N) is 1. The molecule has 2 aliphatic rings. The minimum atomic E-state index is -0.475. The summed E-state index contributed by atoms with van der Waals surface area (Å²) in [5.41, 5.74) is 6.06. The zero-order valence-corrected chi connectivity index (χ0v) is 14.4. The van der Waals surface area contributed by atoms with E-state index in [0.29, 0.717) is 22.9 Å². The Kier molecular flexibility index (Phi) is 5.69. The van der Waals surface area contributed by atoms with Crippen LogP contribution in [0, 0.1) is 17.7 Å². The minimum Gasteiger partial charge on any atom is -0.481 e. The minimum absolute atomic E-state index is 0. The molecule has 122 valence electrons. The zero-order chi connectivity index (χ0) is 15.0. The average Bonchev–Trinajstić information content (AvgIpc) is 3.00. The van der Waals surface area contributed by atoms with Gasteiger partial charge in [0.05, 0.1) is 0 Å². The van der Waals surface area contributed by atoms with Gasteiger partial charge in [-0.05, 0) is 42.9 Å². The Bertz CT molecular complexity index is 560. The van der Waals surface area contributed by atoms with Crippen molar-refractivity contribution in [2.75, 3.05) is 19.7 Å². The van der Waals surface area contributed by atoms with Gasteiger partial charge in [-0.15, -0.1) is 12.4 Å². The van der Waals surface area contributed by atoms with Crippen molar-refractivity contribution in [1.29, 1.82) is 0 Å². The summed E-state index contributed by atoms with van der Waals surface area (Å²) >= 11 is 3.18. The summed E-state index contributed by atoms with van der Waals surface area (Å²) in [4.78, 5) is 14.0. The molecule has 7 heteroatoms. The van der Waals surface area contributed by atoms with Gasteiger partial charge in [0.25, 0.3) is 5.91 Å². The van der Waals surface area contributed by atoms with E-state index in [4.69, 9.17) is 10.5 Å². The van der Waals surface area contributed by atoms with Crippen LogP contribution in [0.3, 0.4) is 0 Å². The van der Waals surface area contributed by atoms with E-state index < -0.39 is 5.82 Å². The van der Waals surface area contributed by atoms with Crippen LogP contribution in [-0.4, -0.2) is 36.5 Å². The maximum Gasteiger partial charge on any atom is 0.260 e. The van der Waals surface area contributed by atoms with E-state index in [2.05, 4.69) is 15.9 Å². The normalized spacial score (nSPS) is 26.5. The largest absolute Gasteiger partial charge is 0.481 e. The molecule has 0 bridgehead atoms. The van der Waals surface area contributed by atoms with Crippen molar-refractivity contribution in [3.05, 3.63) is 28.5 Å². The van der Waals surface area contributed by atoms with Crippen molar-refractivity contribution >= 4 is 34.2 Å². The molecule has 1 aromatic rings. The molecule has 3 unspecified atom stereocenters. The van der Waals surface area contributed by atoms with Crippen LogP contribution in [0.15, 0.2) is 22.7 Å². The van der Waals surface area contributed by atoms with Gasteiger partial charge in [-0.2, -0.15) is 0 Å². The quantitative estimate of drug-likeness (QED) is 0.859. The van der Waals surface area contributed by atoms with Gasteiger partial charge in [0.2, 0.25) is 0 Å². The van der Waals surface area contributed by atoms with Gasteiger partial charge in [-0.25, -0.2) is 4.39 Å². The van der Waals surface area contributed by atoms with Gasteiger partial charge in [-0.1, -0.05) is 15.9 Å². The van der Waals surface area contributed by atoms with Gasteiger partial charge in [0.1, 0.15) is 0 Å². The van der Waals surface area contributed by atoms with Crippen molar-refractivity contribution in [2.45, 2.75) is 18.9 Å². The summed E-state index contributed by atoms with van der Waals surface area (Å²) in [6, 6.07) is 4.72. The van der Waals surface area contributed by atoms with Gasteiger partial charge < -0.3 is 15.4 Å². The standard InChI is InChI=1S/C15H18BrFN2O2.ClH/c16-10-2-4-14(12(17)5-10)21-8-15(20)19-6-9-1-3-13(18)11(9)7-19;/h2,4-5,9,11,13H,1,3,6-8,18H2;1H. The molecule has 0 aromatic heterocycles. The summed E-state index contributed by atoms with van der Waals surface area (Å²) < 4.78 is 19.6. The maximum absolute atomic E-state index is 13.6. The summed E-state index contributed by atoms with van der Waals surface area (Å²) in [5.74, 6) is 0.464. The molecule has 0 spiro atoms. The van der Waals surface area contributed by atoms with Crippen LogP contribution >= 0.6 is 28.3 Å². The first kappa shape index (κ1) is 17.5. The lowest BCUT2D eigenvalue weighted by Gasteiger charge is -2.19. The predicted octanol–water partition coefficient (Wildman–Crippen LogP) is 2.58. The number of rotatable bonds is 3. The molecule has 2 N–H and O–H groups in total. The molecule has 2 fully saturated rings. The number of fused-ring (bicyclic) bond motifs is 1. The van der Waals surface area contributed by atoms with Crippen LogP contribution < -0.4 is 10.5 Å². The molecule has 0 radical (unpaired) electrons. The zero-order valence-electron chi connectivity index (χ0n) is 12.0. The first-order chi connectivity index (χ1) is 10.0. The highest BCUT2D eigenvalue weighted by Crippen LogP contribution is 2.37. The highest BCUT2D eigenvalue weighted by atomic mass is 79.9. The number of likely N-dealkylation sites (tertiary alicyclic amines) is 1. The van der Waals surface area contributed by atoms with E-state index in [0.717, 1.165) is 19.4 Å². The lowest BCUT2D eigenvalue weighted by atomic mass is 9.98. The number of carbonyl (C=O) groups excluding carboxylic acids is 1. The molecule has 1 aromatic carbocycles. The molecular weight excluding hydrogens is 375 g/mol. The van der Waals surface area contributed by atoms with Crippen molar-refractivity contribution in [2.24, 2.45) is 17.6 Å². The van der Waals surface area contributed by atoms with Gasteiger partial charge in [-0.3, -0.25) is 4.79 Å². The molecule has 22 heavy (non-hydrogen) atoms. The van der Waals surface area contributed by atoms with Crippen molar-refractivity contribution in [3.8, 4) is 5.75 Å². The average molecular weight is 394 g/mol. The number of halogens is 3. The molecule has 1 amide bonds. The van der Waals surface area contributed by atoms with Crippen LogP contribution in [0.25, 0.3) is 0 Å². The summed E-state index contributed by atoms with van der Waals surface area (Å²) in [6.07, 6.45) is 2.15. The lowest BCUT2D eigenvalue weighted by Crippen LogP contribution is -2.36.